The Morgan fingerprint density at radius 1 is 1.65 bits per heavy atom. The van der Waals surface area contributed by atoms with Crippen LogP contribution in [-0.4, -0.2) is 35.1 Å². The maximum atomic E-state index is 11.7. The van der Waals surface area contributed by atoms with E-state index in [-0.39, 0.29) is 17.2 Å². The molecule has 92 valence electrons. The van der Waals surface area contributed by atoms with Gasteiger partial charge in [0.1, 0.15) is 5.75 Å². The third kappa shape index (κ3) is 3.17. The number of rotatable bonds is 4. The molecule has 5 heteroatoms. The summed E-state index contributed by atoms with van der Waals surface area (Å²) in [7, 11) is 0. The second-order valence-corrected chi connectivity index (χ2v) is 4.23. The normalized spacial score (nSPS) is 19.2. The van der Waals surface area contributed by atoms with E-state index in [1.54, 1.807) is 0 Å². The van der Waals surface area contributed by atoms with Gasteiger partial charge in [-0.3, -0.25) is 9.78 Å². The first kappa shape index (κ1) is 11.9. The summed E-state index contributed by atoms with van der Waals surface area (Å²) >= 11 is 0. The molecule has 0 aromatic carbocycles. The molecule has 3 N–H and O–H groups in total. The van der Waals surface area contributed by atoms with Gasteiger partial charge in [-0.1, -0.05) is 0 Å². The average molecular weight is 235 g/mol. The summed E-state index contributed by atoms with van der Waals surface area (Å²) in [6.07, 6.45) is 6.08. The van der Waals surface area contributed by atoms with Crippen LogP contribution < -0.4 is 10.6 Å². The number of carbonyl (C=O) groups is 1. The van der Waals surface area contributed by atoms with Crippen LogP contribution in [0, 0.1) is 0 Å². The average Bonchev–Trinajstić information content (AvgIpc) is 2.82. The van der Waals surface area contributed by atoms with Crippen molar-refractivity contribution in [1.82, 2.24) is 15.6 Å². The van der Waals surface area contributed by atoms with Crippen LogP contribution in [0.4, 0.5) is 0 Å². The van der Waals surface area contributed by atoms with Crippen molar-refractivity contribution >= 4 is 5.91 Å². The molecule has 0 aliphatic carbocycles. The molecule has 1 atom stereocenters. The molecule has 1 aromatic rings. The van der Waals surface area contributed by atoms with Crippen molar-refractivity contribution in [2.24, 2.45) is 0 Å². The molecule has 1 fully saturated rings. The topological polar surface area (TPSA) is 74.2 Å². The lowest BCUT2D eigenvalue weighted by Crippen LogP contribution is -2.30. The number of nitrogens with one attached hydrogen (secondary N) is 2. The van der Waals surface area contributed by atoms with Crippen LogP contribution in [0.3, 0.4) is 0 Å². The third-order valence-corrected chi connectivity index (χ3v) is 2.99. The molecule has 0 radical (unpaired) electrons. The molecule has 2 heterocycles. The fourth-order valence-corrected chi connectivity index (χ4v) is 2.04. The smallest absolute Gasteiger partial charge is 0.255 e. The van der Waals surface area contributed by atoms with Gasteiger partial charge in [-0.25, -0.2) is 0 Å². The van der Waals surface area contributed by atoms with Gasteiger partial charge in [0, 0.05) is 18.8 Å². The van der Waals surface area contributed by atoms with E-state index in [0.29, 0.717) is 12.6 Å². The van der Waals surface area contributed by atoms with E-state index in [0.717, 1.165) is 13.0 Å². The maximum Gasteiger partial charge on any atom is 0.255 e. The lowest BCUT2D eigenvalue weighted by atomic mass is 10.1. The Labute approximate surface area is 100 Å². The molecule has 17 heavy (non-hydrogen) atoms. The summed E-state index contributed by atoms with van der Waals surface area (Å²) < 4.78 is 0. The van der Waals surface area contributed by atoms with E-state index in [9.17, 15) is 9.90 Å². The zero-order chi connectivity index (χ0) is 12.1. The lowest BCUT2D eigenvalue weighted by molar-refractivity contribution is 0.0949. The van der Waals surface area contributed by atoms with Crippen LogP contribution in [0.2, 0.25) is 0 Å². The number of aromatic hydroxyl groups is 1. The Kier molecular flexibility index (Phi) is 3.93. The zero-order valence-corrected chi connectivity index (χ0v) is 9.65. The minimum absolute atomic E-state index is 0.0796. The zero-order valence-electron chi connectivity index (χ0n) is 9.65. The predicted molar refractivity (Wildman–Crippen MR) is 63.9 cm³/mol. The van der Waals surface area contributed by atoms with Gasteiger partial charge in [0.25, 0.3) is 5.91 Å². The number of carbonyl (C=O) groups excluding carboxylic acids is 1. The van der Waals surface area contributed by atoms with Gasteiger partial charge in [0.15, 0.2) is 0 Å². The number of hydrogen-bond donors (Lipinski definition) is 3. The molecular formula is C12H17N3O2. The molecule has 0 spiro atoms. The van der Waals surface area contributed by atoms with Crippen molar-refractivity contribution in [1.29, 1.82) is 0 Å². The minimum atomic E-state index is -0.247. The Morgan fingerprint density at radius 2 is 2.53 bits per heavy atom. The third-order valence-electron chi connectivity index (χ3n) is 2.99. The molecule has 0 unspecified atom stereocenters. The first-order valence-electron chi connectivity index (χ1n) is 5.92. The number of amides is 1. The largest absolute Gasteiger partial charge is 0.505 e. The van der Waals surface area contributed by atoms with Gasteiger partial charge in [-0.05, 0) is 31.9 Å². The summed E-state index contributed by atoms with van der Waals surface area (Å²) in [5.74, 6) is -0.327. The Hall–Kier alpha value is -1.62. The molecule has 2 rings (SSSR count). The molecule has 1 aliphatic rings. The molecule has 1 saturated heterocycles. The molecule has 0 saturated carbocycles. The fraction of sp³-hybridized carbons (Fsp3) is 0.500. The van der Waals surface area contributed by atoms with Gasteiger partial charge in [0.2, 0.25) is 0 Å². The van der Waals surface area contributed by atoms with Crippen molar-refractivity contribution in [3.63, 3.8) is 0 Å². The number of nitrogens with zero attached hydrogens (tertiary/aromatic N) is 1. The predicted octanol–water partition coefficient (Wildman–Crippen LogP) is 0.659. The van der Waals surface area contributed by atoms with E-state index in [2.05, 4.69) is 15.6 Å². The van der Waals surface area contributed by atoms with Gasteiger partial charge in [-0.2, -0.15) is 0 Å². The summed E-state index contributed by atoms with van der Waals surface area (Å²) in [5.41, 5.74) is 0.277. The van der Waals surface area contributed by atoms with Crippen LogP contribution in [-0.2, 0) is 0 Å². The van der Waals surface area contributed by atoms with Crippen LogP contribution in [0.25, 0.3) is 0 Å². The van der Waals surface area contributed by atoms with E-state index in [1.807, 2.05) is 0 Å². The number of hydrogen-bond acceptors (Lipinski definition) is 4. The highest BCUT2D eigenvalue weighted by Crippen LogP contribution is 2.13. The minimum Gasteiger partial charge on any atom is -0.505 e. The molecule has 1 aromatic heterocycles. The summed E-state index contributed by atoms with van der Waals surface area (Å²) in [5, 5.41) is 15.6. The Morgan fingerprint density at radius 3 is 3.24 bits per heavy atom. The molecule has 1 aliphatic heterocycles. The standard InChI is InChI=1S/C12H17N3O2/c16-11-8-13-6-4-10(11)12(17)15-7-3-9-2-1-5-14-9/h4,6,8-9,14,16H,1-3,5,7H2,(H,15,17)/t9-/m0/s1. The van der Waals surface area contributed by atoms with Crippen molar-refractivity contribution in [2.75, 3.05) is 13.1 Å². The summed E-state index contributed by atoms with van der Waals surface area (Å²) in [6.45, 7) is 1.70. The maximum absolute atomic E-state index is 11.7. The second kappa shape index (κ2) is 5.63. The summed E-state index contributed by atoms with van der Waals surface area (Å²) in [4.78, 5) is 15.5. The van der Waals surface area contributed by atoms with E-state index in [1.165, 1.54) is 31.3 Å². The van der Waals surface area contributed by atoms with Crippen molar-refractivity contribution in [3.05, 3.63) is 24.0 Å². The highest BCUT2D eigenvalue weighted by molar-refractivity contribution is 5.96. The molecular weight excluding hydrogens is 218 g/mol. The number of pyridine rings is 1. The highest BCUT2D eigenvalue weighted by Gasteiger charge is 2.15. The van der Waals surface area contributed by atoms with Gasteiger partial charge < -0.3 is 15.7 Å². The quantitative estimate of drug-likeness (QED) is 0.716. The van der Waals surface area contributed by atoms with Crippen molar-refractivity contribution in [3.8, 4) is 5.75 Å². The lowest BCUT2D eigenvalue weighted by Gasteiger charge is -2.11. The molecule has 1 amide bonds. The fourth-order valence-electron chi connectivity index (χ4n) is 2.04. The van der Waals surface area contributed by atoms with E-state index in [4.69, 9.17) is 0 Å². The van der Waals surface area contributed by atoms with E-state index < -0.39 is 0 Å². The highest BCUT2D eigenvalue weighted by atomic mass is 16.3. The van der Waals surface area contributed by atoms with Crippen LogP contribution in [0.5, 0.6) is 5.75 Å². The van der Waals surface area contributed by atoms with Crippen molar-refractivity contribution in [2.45, 2.75) is 25.3 Å². The summed E-state index contributed by atoms with van der Waals surface area (Å²) in [6, 6.07) is 2.03. The molecule has 0 bridgehead atoms. The molecule has 5 nitrogen and oxygen atoms in total. The number of aromatic nitrogens is 1. The first-order valence-corrected chi connectivity index (χ1v) is 5.92. The van der Waals surface area contributed by atoms with Crippen LogP contribution in [0.15, 0.2) is 18.5 Å². The Bertz CT molecular complexity index is 389. The van der Waals surface area contributed by atoms with Gasteiger partial charge in [-0.15, -0.1) is 0 Å². The van der Waals surface area contributed by atoms with Crippen molar-refractivity contribution < 1.29 is 9.90 Å². The SMILES string of the molecule is O=C(NCC[C@@H]1CCCN1)c1ccncc1O. The Balaban J connectivity index is 1.79. The monoisotopic (exact) mass is 235 g/mol. The second-order valence-electron chi connectivity index (χ2n) is 4.23. The van der Waals surface area contributed by atoms with Gasteiger partial charge in [0.05, 0.1) is 11.8 Å². The van der Waals surface area contributed by atoms with E-state index >= 15 is 0 Å². The van der Waals surface area contributed by atoms with Crippen LogP contribution >= 0.6 is 0 Å². The van der Waals surface area contributed by atoms with Crippen LogP contribution in [0.1, 0.15) is 29.6 Å². The first-order chi connectivity index (χ1) is 8.27. The van der Waals surface area contributed by atoms with Gasteiger partial charge >= 0.3 is 0 Å².